The van der Waals surface area contributed by atoms with Crippen LogP contribution in [0.25, 0.3) is 0 Å². The van der Waals surface area contributed by atoms with Gasteiger partial charge in [-0.2, -0.15) is 13.2 Å². The summed E-state index contributed by atoms with van der Waals surface area (Å²) in [6.07, 6.45) is -3.53. The Kier molecular flexibility index (Phi) is 5.77. The van der Waals surface area contributed by atoms with Gasteiger partial charge in [-0.3, -0.25) is 4.90 Å². The fourth-order valence-electron chi connectivity index (χ4n) is 3.40. The Morgan fingerprint density at radius 2 is 1.64 bits per heavy atom. The highest BCUT2D eigenvalue weighted by atomic mass is 19.4. The number of likely N-dealkylation sites (N-methyl/N-ethyl adjacent to an activating group) is 1. The standard InChI is InChI=1S/C19H27F3N6/c1-5-18(2,3)28-17(23-24-25-28)16(27-12-10-26(4)11-13-27)14-6-8-15(9-7-14)19(20,21)22/h6-9,16H,5,10-13H2,1-4H3/t16-/m1/s1. The van der Waals surface area contributed by atoms with Gasteiger partial charge in [0.15, 0.2) is 5.82 Å². The fourth-order valence-corrected chi connectivity index (χ4v) is 3.40. The lowest BCUT2D eigenvalue weighted by Gasteiger charge is -2.38. The van der Waals surface area contributed by atoms with E-state index >= 15 is 0 Å². The Morgan fingerprint density at radius 1 is 1.04 bits per heavy atom. The van der Waals surface area contributed by atoms with Crippen molar-refractivity contribution in [3.05, 3.63) is 41.2 Å². The molecule has 1 aliphatic rings. The van der Waals surface area contributed by atoms with E-state index in [9.17, 15) is 13.2 Å². The highest BCUT2D eigenvalue weighted by Gasteiger charge is 2.35. The minimum Gasteiger partial charge on any atom is -0.304 e. The number of rotatable bonds is 5. The molecule has 1 aromatic heterocycles. The Morgan fingerprint density at radius 3 is 2.18 bits per heavy atom. The van der Waals surface area contributed by atoms with Crippen LogP contribution in [0, 0.1) is 0 Å². The van der Waals surface area contributed by atoms with Gasteiger partial charge in [0.05, 0.1) is 17.1 Å². The Balaban J connectivity index is 2.03. The molecule has 1 saturated heterocycles. The van der Waals surface area contributed by atoms with E-state index in [-0.39, 0.29) is 11.6 Å². The predicted octanol–water partition coefficient (Wildman–Crippen LogP) is 3.17. The van der Waals surface area contributed by atoms with Crippen molar-refractivity contribution in [3.63, 3.8) is 0 Å². The number of aromatic nitrogens is 4. The zero-order valence-electron chi connectivity index (χ0n) is 16.7. The van der Waals surface area contributed by atoms with E-state index in [1.54, 1.807) is 12.1 Å². The average molecular weight is 396 g/mol. The number of hydrogen-bond donors (Lipinski definition) is 0. The third-order valence-electron chi connectivity index (χ3n) is 5.63. The molecule has 1 fully saturated rings. The molecule has 2 aromatic rings. The SMILES string of the molecule is CCC(C)(C)n1nnnc1[C@@H](c1ccc(C(F)(F)F)cc1)N1CCN(C)CC1. The van der Waals surface area contributed by atoms with Gasteiger partial charge in [-0.15, -0.1) is 5.10 Å². The van der Waals surface area contributed by atoms with E-state index in [4.69, 9.17) is 0 Å². The minimum absolute atomic E-state index is 0.295. The molecular weight excluding hydrogens is 369 g/mol. The summed E-state index contributed by atoms with van der Waals surface area (Å²) in [5.74, 6) is 0.663. The third kappa shape index (κ3) is 4.20. The molecule has 154 valence electrons. The Hall–Kier alpha value is -2.00. The van der Waals surface area contributed by atoms with Crippen molar-refractivity contribution in [2.45, 2.75) is 44.9 Å². The maximum Gasteiger partial charge on any atom is 0.416 e. The molecule has 1 aliphatic heterocycles. The second kappa shape index (κ2) is 7.79. The molecule has 9 heteroatoms. The van der Waals surface area contributed by atoms with E-state index in [2.05, 4.69) is 53.1 Å². The number of benzene rings is 1. The van der Waals surface area contributed by atoms with Crippen molar-refractivity contribution in [2.75, 3.05) is 33.2 Å². The maximum absolute atomic E-state index is 13.0. The zero-order valence-corrected chi connectivity index (χ0v) is 16.7. The van der Waals surface area contributed by atoms with Gasteiger partial charge in [-0.05, 0) is 55.4 Å². The highest BCUT2D eigenvalue weighted by Crippen LogP contribution is 2.34. The van der Waals surface area contributed by atoms with Crippen LogP contribution < -0.4 is 0 Å². The molecule has 0 radical (unpaired) electrons. The van der Waals surface area contributed by atoms with Gasteiger partial charge in [0, 0.05) is 26.2 Å². The summed E-state index contributed by atoms with van der Waals surface area (Å²) < 4.78 is 40.8. The first-order valence-corrected chi connectivity index (χ1v) is 9.52. The number of alkyl halides is 3. The molecule has 0 aliphatic carbocycles. The topological polar surface area (TPSA) is 50.1 Å². The molecule has 1 aromatic carbocycles. The molecule has 28 heavy (non-hydrogen) atoms. The molecule has 0 amide bonds. The fraction of sp³-hybridized carbons (Fsp3) is 0.632. The van der Waals surface area contributed by atoms with E-state index in [1.807, 2.05) is 4.68 Å². The van der Waals surface area contributed by atoms with Gasteiger partial charge in [-0.25, -0.2) is 4.68 Å². The van der Waals surface area contributed by atoms with Crippen LogP contribution in [0.5, 0.6) is 0 Å². The molecule has 6 nitrogen and oxygen atoms in total. The maximum atomic E-state index is 13.0. The van der Waals surface area contributed by atoms with Crippen molar-refractivity contribution in [3.8, 4) is 0 Å². The average Bonchev–Trinajstić information content (AvgIpc) is 3.13. The molecule has 1 atom stereocenters. The third-order valence-corrected chi connectivity index (χ3v) is 5.63. The second-order valence-electron chi connectivity index (χ2n) is 7.98. The Labute approximate surface area is 163 Å². The zero-order chi connectivity index (χ0) is 20.5. The lowest BCUT2D eigenvalue weighted by molar-refractivity contribution is -0.137. The minimum atomic E-state index is -4.35. The molecule has 2 heterocycles. The number of nitrogens with zero attached hydrogens (tertiary/aromatic N) is 6. The molecule has 0 N–H and O–H groups in total. The van der Waals surface area contributed by atoms with Crippen molar-refractivity contribution < 1.29 is 13.2 Å². The quantitative estimate of drug-likeness (QED) is 0.777. The van der Waals surface area contributed by atoms with E-state index in [0.717, 1.165) is 50.3 Å². The summed E-state index contributed by atoms with van der Waals surface area (Å²) >= 11 is 0. The first-order chi connectivity index (χ1) is 13.1. The van der Waals surface area contributed by atoms with Crippen molar-refractivity contribution in [1.82, 2.24) is 30.0 Å². The van der Waals surface area contributed by atoms with Gasteiger partial charge >= 0.3 is 6.18 Å². The largest absolute Gasteiger partial charge is 0.416 e. The number of hydrogen-bond acceptors (Lipinski definition) is 5. The van der Waals surface area contributed by atoms with Crippen LogP contribution in [0.3, 0.4) is 0 Å². The van der Waals surface area contributed by atoms with Crippen molar-refractivity contribution >= 4 is 0 Å². The molecule has 0 bridgehead atoms. The molecule has 3 rings (SSSR count). The second-order valence-corrected chi connectivity index (χ2v) is 7.98. The summed E-state index contributed by atoms with van der Waals surface area (Å²) in [6, 6.07) is 5.07. The van der Waals surface area contributed by atoms with Crippen LogP contribution in [0.2, 0.25) is 0 Å². The lowest BCUT2D eigenvalue weighted by Crippen LogP contribution is -2.47. The van der Waals surface area contributed by atoms with Crippen LogP contribution in [0.4, 0.5) is 13.2 Å². The first-order valence-electron chi connectivity index (χ1n) is 9.52. The summed E-state index contributed by atoms with van der Waals surface area (Å²) in [5.41, 5.74) is -0.183. The predicted molar refractivity (Wildman–Crippen MR) is 99.8 cm³/mol. The van der Waals surface area contributed by atoms with Gasteiger partial charge in [0.25, 0.3) is 0 Å². The van der Waals surface area contributed by atoms with Crippen LogP contribution in [-0.2, 0) is 11.7 Å². The van der Waals surface area contributed by atoms with Gasteiger partial charge < -0.3 is 4.90 Å². The van der Waals surface area contributed by atoms with Crippen LogP contribution >= 0.6 is 0 Å². The molecule has 0 unspecified atom stereocenters. The smallest absolute Gasteiger partial charge is 0.304 e. The molecule has 0 saturated carbocycles. The normalized spacial score (nSPS) is 18.4. The summed E-state index contributed by atoms with van der Waals surface area (Å²) in [5, 5.41) is 12.4. The summed E-state index contributed by atoms with van der Waals surface area (Å²) in [7, 11) is 2.06. The summed E-state index contributed by atoms with van der Waals surface area (Å²) in [4.78, 5) is 4.48. The first kappa shape index (κ1) is 20.7. The van der Waals surface area contributed by atoms with E-state index in [1.165, 1.54) is 0 Å². The number of tetrazole rings is 1. The molecular formula is C19H27F3N6. The van der Waals surface area contributed by atoms with Crippen LogP contribution in [0.1, 0.15) is 50.2 Å². The van der Waals surface area contributed by atoms with E-state index < -0.39 is 11.7 Å². The molecule has 0 spiro atoms. The summed E-state index contributed by atoms with van der Waals surface area (Å²) in [6.45, 7) is 9.53. The van der Waals surface area contributed by atoms with Gasteiger partial charge in [-0.1, -0.05) is 19.1 Å². The lowest BCUT2D eigenvalue weighted by atomic mass is 9.98. The van der Waals surface area contributed by atoms with Crippen LogP contribution in [-0.4, -0.2) is 63.2 Å². The highest BCUT2D eigenvalue weighted by molar-refractivity contribution is 5.30. The number of halogens is 3. The van der Waals surface area contributed by atoms with E-state index in [0.29, 0.717) is 5.82 Å². The Bertz CT molecular complexity index is 776. The van der Waals surface area contributed by atoms with Crippen LogP contribution in [0.15, 0.2) is 24.3 Å². The number of piperazine rings is 1. The van der Waals surface area contributed by atoms with Gasteiger partial charge in [0.1, 0.15) is 0 Å². The van der Waals surface area contributed by atoms with Crippen molar-refractivity contribution in [1.29, 1.82) is 0 Å². The van der Waals surface area contributed by atoms with Crippen molar-refractivity contribution in [2.24, 2.45) is 0 Å². The van der Waals surface area contributed by atoms with Gasteiger partial charge in [0.2, 0.25) is 0 Å². The monoisotopic (exact) mass is 396 g/mol.